The molecule has 1 fully saturated rings. The van der Waals surface area contributed by atoms with Gasteiger partial charge >= 0.3 is 0 Å². The number of fused-ring (bicyclic) bond motifs is 2. The van der Waals surface area contributed by atoms with E-state index in [1.807, 2.05) is 0 Å². The van der Waals surface area contributed by atoms with Crippen LogP contribution in [-0.4, -0.2) is 38.1 Å². The van der Waals surface area contributed by atoms with Crippen LogP contribution in [0, 0.1) is 12.8 Å². The molecule has 0 spiro atoms. The van der Waals surface area contributed by atoms with Gasteiger partial charge in [0.2, 0.25) is 0 Å². The molecule has 3 unspecified atom stereocenters. The van der Waals surface area contributed by atoms with Gasteiger partial charge in [-0.15, -0.1) is 0 Å². The number of piperidine rings is 1. The Labute approximate surface area is 110 Å². The summed E-state index contributed by atoms with van der Waals surface area (Å²) >= 11 is 0. The summed E-state index contributed by atoms with van der Waals surface area (Å²) < 4.78 is 0. The monoisotopic (exact) mass is 245 g/mol. The summed E-state index contributed by atoms with van der Waals surface area (Å²) in [6.07, 6.45) is 1.22. The number of para-hydroxylation sites is 1. The Kier molecular flexibility index (Phi) is 2.83. The number of benzene rings is 1. The fourth-order valence-electron chi connectivity index (χ4n) is 3.80. The van der Waals surface area contributed by atoms with Gasteiger partial charge in [0.1, 0.15) is 0 Å². The SMILES string of the molecule is Cc1cccc2c1N(C)C1CCN(C)CC1C2N. The first-order valence-electron chi connectivity index (χ1n) is 6.86. The van der Waals surface area contributed by atoms with Crippen LogP contribution in [0.2, 0.25) is 0 Å². The van der Waals surface area contributed by atoms with Gasteiger partial charge in [0.05, 0.1) is 0 Å². The van der Waals surface area contributed by atoms with Crippen LogP contribution in [0.1, 0.15) is 23.6 Å². The standard InChI is InChI=1S/C15H23N3/c1-10-5-4-6-11-14(16)12-9-17(2)8-7-13(12)18(3)15(10)11/h4-6,12-14H,7-9,16H2,1-3H3. The minimum absolute atomic E-state index is 0.184. The van der Waals surface area contributed by atoms with Gasteiger partial charge in [-0.3, -0.25) is 0 Å². The molecular formula is C15H23N3. The first-order valence-corrected chi connectivity index (χ1v) is 6.86. The normalized spacial score (nSPS) is 32.0. The predicted molar refractivity (Wildman–Crippen MR) is 75.9 cm³/mol. The van der Waals surface area contributed by atoms with Crippen LogP contribution in [0.3, 0.4) is 0 Å². The zero-order valence-corrected chi connectivity index (χ0v) is 11.6. The molecule has 0 amide bonds. The van der Waals surface area contributed by atoms with Crippen molar-refractivity contribution in [2.45, 2.75) is 25.4 Å². The molecular weight excluding hydrogens is 222 g/mol. The van der Waals surface area contributed by atoms with E-state index in [0.29, 0.717) is 12.0 Å². The third-order valence-corrected chi connectivity index (χ3v) is 4.76. The Morgan fingerprint density at radius 3 is 2.83 bits per heavy atom. The molecule has 1 aromatic rings. The van der Waals surface area contributed by atoms with Gasteiger partial charge < -0.3 is 15.5 Å². The maximum atomic E-state index is 6.54. The van der Waals surface area contributed by atoms with Crippen molar-refractivity contribution in [2.75, 3.05) is 32.1 Å². The van der Waals surface area contributed by atoms with Gasteiger partial charge in [-0.25, -0.2) is 0 Å². The molecule has 3 rings (SSSR count). The van der Waals surface area contributed by atoms with Gasteiger partial charge in [-0.1, -0.05) is 18.2 Å². The van der Waals surface area contributed by atoms with Crippen molar-refractivity contribution in [1.29, 1.82) is 0 Å². The van der Waals surface area contributed by atoms with E-state index < -0.39 is 0 Å². The average molecular weight is 245 g/mol. The number of nitrogens with two attached hydrogens (primary N) is 1. The Morgan fingerprint density at radius 1 is 1.28 bits per heavy atom. The maximum absolute atomic E-state index is 6.54. The van der Waals surface area contributed by atoms with E-state index in [1.54, 1.807) is 0 Å². The molecule has 2 aliphatic heterocycles. The summed E-state index contributed by atoms with van der Waals surface area (Å²) in [6, 6.07) is 7.31. The third kappa shape index (κ3) is 1.65. The summed E-state index contributed by atoms with van der Waals surface area (Å²) in [6.45, 7) is 4.49. The van der Waals surface area contributed by atoms with Crippen molar-refractivity contribution in [2.24, 2.45) is 11.7 Å². The molecule has 0 radical (unpaired) electrons. The summed E-state index contributed by atoms with van der Waals surface area (Å²) in [5.74, 6) is 0.558. The Hall–Kier alpha value is -1.06. The van der Waals surface area contributed by atoms with Crippen molar-refractivity contribution in [3.63, 3.8) is 0 Å². The lowest BCUT2D eigenvalue weighted by Crippen LogP contribution is -2.55. The molecule has 3 heteroatoms. The zero-order valence-electron chi connectivity index (χ0n) is 11.6. The Balaban J connectivity index is 2.06. The van der Waals surface area contributed by atoms with E-state index in [1.165, 1.54) is 29.8 Å². The van der Waals surface area contributed by atoms with E-state index in [2.05, 4.69) is 49.0 Å². The highest BCUT2D eigenvalue weighted by molar-refractivity contribution is 5.63. The number of hydrogen-bond acceptors (Lipinski definition) is 3. The molecule has 1 saturated heterocycles. The molecule has 2 N–H and O–H groups in total. The van der Waals surface area contributed by atoms with Crippen molar-refractivity contribution in [3.05, 3.63) is 29.3 Å². The minimum atomic E-state index is 0.184. The summed E-state index contributed by atoms with van der Waals surface area (Å²) in [5.41, 5.74) is 10.6. The van der Waals surface area contributed by atoms with Crippen LogP contribution >= 0.6 is 0 Å². The number of hydrogen-bond donors (Lipinski definition) is 1. The highest BCUT2D eigenvalue weighted by Gasteiger charge is 2.40. The van der Waals surface area contributed by atoms with Crippen molar-refractivity contribution in [1.82, 2.24) is 4.90 Å². The number of rotatable bonds is 0. The number of aryl methyl sites for hydroxylation is 1. The van der Waals surface area contributed by atoms with Crippen LogP contribution in [0.4, 0.5) is 5.69 Å². The molecule has 3 atom stereocenters. The fourth-order valence-corrected chi connectivity index (χ4v) is 3.80. The van der Waals surface area contributed by atoms with Gasteiger partial charge in [0.25, 0.3) is 0 Å². The Morgan fingerprint density at radius 2 is 2.06 bits per heavy atom. The molecule has 2 aliphatic rings. The van der Waals surface area contributed by atoms with Gasteiger partial charge in [0.15, 0.2) is 0 Å². The topological polar surface area (TPSA) is 32.5 Å². The molecule has 2 heterocycles. The molecule has 0 aromatic heterocycles. The molecule has 0 bridgehead atoms. The average Bonchev–Trinajstić information content (AvgIpc) is 2.35. The zero-order chi connectivity index (χ0) is 12.9. The smallest absolute Gasteiger partial charge is 0.0444 e. The Bertz CT molecular complexity index is 457. The maximum Gasteiger partial charge on any atom is 0.0444 e. The number of likely N-dealkylation sites (tertiary alicyclic amines) is 1. The second-order valence-corrected chi connectivity index (χ2v) is 5.93. The van der Waals surface area contributed by atoms with Crippen molar-refractivity contribution >= 4 is 5.69 Å². The van der Waals surface area contributed by atoms with E-state index >= 15 is 0 Å². The highest BCUT2D eigenvalue weighted by atomic mass is 15.2. The summed E-state index contributed by atoms with van der Waals surface area (Å²) in [5, 5.41) is 0. The lowest BCUT2D eigenvalue weighted by atomic mass is 9.77. The quantitative estimate of drug-likeness (QED) is 0.756. The first kappa shape index (κ1) is 12.0. The van der Waals surface area contributed by atoms with Crippen LogP contribution in [-0.2, 0) is 0 Å². The van der Waals surface area contributed by atoms with Crippen molar-refractivity contribution < 1.29 is 0 Å². The molecule has 0 saturated carbocycles. The van der Waals surface area contributed by atoms with E-state index in [4.69, 9.17) is 5.73 Å². The van der Waals surface area contributed by atoms with Crippen molar-refractivity contribution in [3.8, 4) is 0 Å². The van der Waals surface area contributed by atoms with Crippen LogP contribution in [0.25, 0.3) is 0 Å². The molecule has 18 heavy (non-hydrogen) atoms. The second-order valence-electron chi connectivity index (χ2n) is 5.93. The largest absolute Gasteiger partial charge is 0.371 e. The van der Waals surface area contributed by atoms with Crippen LogP contribution < -0.4 is 10.6 Å². The molecule has 1 aromatic carbocycles. The summed E-state index contributed by atoms with van der Waals surface area (Å²) in [4.78, 5) is 4.89. The number of nitrogens with zero attached hydrogens (tertiary/aromatic N) is 2. The minimum Gasteiger partial charge on any atom is -0.371 e. The highest BCUT2D eigenvalue weighted by Crippen LogP contribution is 2.43. The fraction of sp³-hybridized carbons (Fsp3) is 0.600. The lowest BCUT2D eigenvalue weighted by Gasteiger charge is -2.50. The van der Waals surface area contributed by atoms with Gasteiger partial charge in [-0.2, -0.15) is 0 Å². The second kappa shape index (κ2) is 4.25. The predicted octanol–water partition coefficient (Wildman–Crippen LogP) is 1.76. The lowest BCUT2D eigenvalue weighted by molar-refractivity contribution is 0.154. The molecule has 98 valence electrons. The number of anilines is 1. The van der Waals surface area contributed by atoms with E-state index in [9.17, 15) is 0 Å². The summed E-state index contributed by atoms with van der Waals surface area (Å²) in [7, 11) is 4.44. The third-order valence-electron chi connectivity index (χ3n) is 4.76. The van der Waals surface area contributed by atoms with Gasteiger partial charge in [-0.05, 0) is 38.1 Å². The van der Waals surface area contributed by atoms with Crippen LogP contribution in [0.5, 0.6) is 0 Å². The van der Waals surface area contributed by atoms with E-state index in [0.717, 1.165) is 6.54 Å². The molecule has 0 aliphatic carbocycles. The van der Waals surface area contributed by atoms with Gasteiger partial charge in [0, 0.05) is 37.3 Å². The molecule has 3 nitrogen and oxygen atoms in total. The van der Waals surface area contributed by atoms with E-state index in [-0.39, 0.29) is 6.04 Å². The van der Waals surface area contributed by atoms with Crippen LogP contribution in [0.15, 0.2) is 18.2 Å². The first-order chi connectivity index (χ1) is 8.59.